The molecule has 0 aliphatic rings. The first-order valence-corrected chi connectivity index (χ1v) is 3.66. The van der Waals surface area contributed by atoms with Crippen LogP contribution in [0.2, 0.25) is 0 Å². The Morgan fingerprint density at radius 2 is 2.25 bits per heavy atom. The standard InChI is InChI=1S/C9H11NO2/c1-6-4-9(12-3)8(5-10-6)7(2)11/h4-5H,1-3H3. The lowest BCUT2D eigenvalue weighted by atomic mass is 10.2. The molecule has 0 saturated carbocycles. The van der Waals surface area contributed by atoms with Crippen LogP contribution >= 0.6 is 0 Å². The number of carbonyl (C=O) groups excluding carboxylic acids is 1. The number of pyridine rings is 1. The van der Waals surface area contributed by atoms with Crippen molar-refractivity contribution in [1.82, 2.24) is 4.98 Å². The Morgan fingerprint density at radius 3 is 2.75 bits per heavy atom. The second kappa shape index (κ2) is 3.34. The third-order valence-corrected chi connectivity index (χ3v) is 1.60. The minimum absolute atomic E-state index is 0.0284. The molecule has 0 bridgehead atoms. The van der Waals surface area contributed by atoms with Crippen molar-refractivity contribution in [3.05, 3.63) is 23.5 Å². The molecule has 64 valence electrons. The molecule has 1 heterocycles. The minimum Gasteiger partial charge on any atom is -0.496 e. The van der Waals surface area contributed by atoms with Crippen molar-refractivity contribution in [2.75, 3.05) is 7.11 Å². The van der Waals surface area contributed by atoms with Gasteiger partial charge in [0.2, 0.25) is 0 Å². The van der Waals surface area contributed by atoms with Gasteiger partial charge >= 0.3 is 0 Å². The Kier molecular flexibility index (Phi) is 2.43. The maximum atomic E-state index is 11.0. The summed E-state index contributed by atoms with van der Waals surface area (Å²) in [4.78, 5) is 15.0. The first-order valence-electron chi connectivity index (χ1n) is 3.66. The Labute approximate surface area is 71.4 Å². The van der Waals surface area contributed by atoms with E-state index in [0.29, 0.717) is 11.3 Å². The van der Waals surface area contributed by atoms with Gasteiger partial charge in [-0.1, -0.05) is 0 Å². The zero-order valence-electron chi connectivity index (χ0n) is 7.42. The van der Waals surface area contributed by atoms with Crippen LogP contribution in [0.25, 0.3) is 0 Å². The Hall–Kier alpha value is -1.38. The van der Waals surface area contributed by atoms with Gasteiger partial charge in [-0.2, -0.15) is 0 Å². The van der Waals surface area contributed by atoms with Crippen molar-refractivity contribution in [2.45, 2.75) is 13.8 Å². The zero-order valence-corrected chi connectivity index (χ0v) is 7.42. The lowest BCUT2D eigenvalue weighted by Gasteiger charge is -2.04. The van der Waals surface area contributed by atoms with Crippen LogP contribution in [-0.2, 0) is 0 Å². The molecule has 0 atom stereocenters. The molecule has 0 aliphatic carbocycles. The fraction of sp³-hybridized carbons (Fsp3) is 0.333. The highest BCUT2D eigenvalue weighted by molar-refractivity contribution is 5.96. The molecular weight excluding hydrogens is 154 g/mol. The van der Waals surface area contributed by atoms with Gasteiger partial charge in [0.1, 0.15) is 5.75 Å². The third-order valence-electron chi connectivity index (χ3n) is 1.60. The molecule has 0 saturated heterocycles. The first kappa shape index (κ1) is 8.71. The molecule has 0 aliphatic heterocycles. The molecule has 1 rings (SSSR count). The number of nitrogens with zero attached hydrogens (tertiary/aromatic N) is 1. The van der Waals surface area contributed by atoms with E-state index in [9.17, 15) is 4.79 Å². The van der Waals surface area contributed by atoms with E-state index in [1.165, 1.54) is 13.1 Å². The maximum absolute atomic E-state index is 11.0. The predicted octanol–water partition coefficient (Wildman–Crippen LogP) is 1.60. The zero-order chi connectivity index (χ0) is 9.14. The number of aryl methyl sites for hydroxylation is 1. The van der Waals surface area contributed by atoms with E-state index in [2.05, 4.69) is 4.98 Å². The number of rotatable bonds is 2. The summed E-state index contributed by atoms with van der Waals surface area (Å²) < 4.78 is 5.03. The number of methoxy groups -OCH3 is 1. The molecule has 0 fully saturated rings. The summed E-state index contributed by atoms with van der Waals surface area (Å²) in [5, 5.41) is 0. The van der Waals surface area contributed by atoms with Crippen molar-refractivity contribution >= 4 is 5.78 Å². The SMILES string of the molecule is COc1cc(C)ncc1C(C)=O. The fourth-order valence-electron chi connectivity index (χ4n) is 0.968. The predicted molar refractivity (Wildman–Crippen MR) is 45.5 cm³/mol. The van der Waals surface area contributed by atoms with Gasteiger partial charge in [-0.15, -0.1) is 0 Å². The number of aromatic nitrogens is 1. The number of Topliss-reactive ketones (excluding diaryl/α,β-unsaturated/α-hetero) is 1. The van der Waals surface area contributed by atoms with Crippen LogP contribution in [0.5, 0.6) is 5.75 Å². The topological polar surface area (TPSA) is 39.2 Å². The molecule has 3 heteroatoms. The minimum atomic E-state index is -0.0284. The third kappa shape index (κ3) is 1.61. The molecular formula is C9H11NO2. The van der Waals surface area contributed by atoms with Crippen LogP contribution in [0.3, 0.4) is 0 Å². The first-order chi connectivity index (χ1) is 5.65. The molecule has 0 unspecified atom stereocenters. The van der Waals surface area contributed by atoms with Crippen LogP contribution in [-0.4, -0.2) is 17.9 Å². The van der Waals surface area contributed by atoms with Crippen molar-refractivity contribution < 1.29 is 9.53 Å². The Balaban J connectivity index is 3.20. The van der Waals surface area contributed by atoms with Crippen molar-refractivity contribution in [3.63, 3.8) is 0 Å². The summed E-state index contributed by atoms with van der Waals surface area (Å²) in [5.74, 6) is 0.564. The number of carbonyl (C=O) groups is 1. The van der Waals surface area contributed by atoms with E-state index in [-0.39, 0.29) is 5.78 Å². The van der Waals surface area contributed by atoms with Crippen molar-refractivity contribution in [2.24, 2.45) is 0 Å². The van der Waals surface area contributed by atoms with E-state index >= 15 is 0 Å². The molecule has 1 aromatic heterocycles. The summed E-state index contributed by atoms with van der Waals surface area (Å²) >= 11 is 0. The molecule has 0 aromatic carbocycles. The molecule has 0 amide bonds. The van der Waals surface area contributed by atoms with Gasteiger partial charge in [-0.3, -0.25) is 9.78 Å². The Morgan fingerprint density at radius 1 is 1.58 bits per heavy atom. The van der Waals surface area contributed by atoms with Gasteiger partial charge in [0.25, 0.3) is 0 Å². The number of hydrogen-bond acceptors (Lipinski definition) is 3. The lowest BCUT2D eigenvalue weighted by Crippen LogP contribution is -1.99. The summed E-state index contributed by atoms with van der Waals surface area (Å²) in [6.07, 6.45) is 1.54. The van der Waals surface area contributed by atoms with Gasteiger partial charge in [0.15, 0.2) is 5.78 Å². The summed E-state index contributed by atoms with van der Waals surface area (Å²) in [7, 11) is 1.54. The fourth-order valence-corrected chi connectivity index (χ4v) is 0.968. The average molecular weight is 165 g/mol. The van der Waals surface area contributed by atoms with E-state index in [4.69, 9.17) is 4.74 Å². The van der Waals surface area contributed by atoms with Gasteiger partial charge in [0, 0.05) is 18.0 Å². The van der Waals surface area contributed by atoms with Crippen molar-refractivity contribution in [1.29, 1.82) is 0 Å². The lowest BCUT2D eigenvalue weighted by molar-refractivity contribution is 0.101. The molecule has 3 nitrogen and oxygen atoms in total. The van der Waals surface area contributed by atoms with Crippen LogP contribution in [0.1, 0.15) is 23.0 Å². The van der Waals surface area contributed by atoms with Gasteiger partial charge in [-0.25, -0.2) is 0 Å². The number of hydrogen-bond donors (Lipinski definition) is 0. The van der Waals surface area contributed by atoms with Crippen LogP contribution in [0, 0.1) is 6.92 Å². The second-order valence-electron chi connectivity index (χ2n) is 2.58. The van der Waals surface area contributed by atoms with Gasteiger partial charge in [-0.05, 0) is 13.8 Å². The van der Waals surface area contributed by atoms with Gasteiger partial charge < -0.3 is 4.74 Å². The summed E-state index contributed by atoms with van der Waals surface area (Å²) in [5.41, 5.74) is 1.37. The smallest absolute Gasteiger partial charge is 0.165 e. The highest BCUT2D eigenvalue weighted by Crippen LogP contribution is 2.17. The maximum Gasteiger partial charge on any atom is 0.165 e. The molecule has 0 radical (unpaired) electrons. The summed E-state index contributed by atoms with van der Waals surface area (Å²) in [6, 6.07) is 1.75. The summed E-state index contributed by atoms with van der Waals surface area (Å²) in [6.45, 7) is 3.35. The monoisotopic (exact) mass is 165 g/mol. The van der Waals surface area contributed by atoms with E-state index in [1.54, 1.807) is 13.2 Å². The van der Waals surface area contributed by atoms with Crippen LogP contribution in [0.4, 0.5) is 0 Å². The average Bonchev–Trinajstić information content (AvgIpc) is 2.03. The number of ketones is 1. The molecule has 12 heavy (non-hydrogen) atoms. The molecule has 1 aromatic rings. The van der Waals surface area contributed by atoms with E-state index in [1.807, 2.05) is 6.92 Å². The Bertz CT molecular complexity index is 307. The van der Waals surface area contributed by atoms with E-state index < -0.39 is 0 Å². The molecule has 0 spiro atoms. The second-order valence-corrected chi connectivity index (χ2v) is 2.58. The number of ether oxygens (including phenoxy) is 1. The van der Waals surface area contributed by atoms with Crippen LogP contribution in [0.15, 0.2) is 12.3 Å². The largest absolute Gasteiger partial charge is 0.496 e. The highest BCUT2D eigenvalue weighted by atomic mass is 16.5. The highest BCUT2D eigenvalue weighted by Gasteiger charge is 2.07. The van der Waals surface area contributed by atoms with Gasteiger partial charge in [0.05, 0.1) is 12.7 Å². The normalized spacial score (nSPS) is 9.58. The van der Waals surface area contributed by atoms with Crippen LogP contribution < -0.4 is 4.74 Å². The van der Waals surface area contributed by atoms with Crippen molar-refractivity contribution in [3.8, 4) is 5.75 Å². The van der Waals surface area contributed by atoms with E-state index in [0.717, 1.165) is 5.69 Å². The quantitative estimate of drug-likeness (QED) is 0.625. The molecule has 0 N–H and O–H groups in total.